The van der Waals surface area contributed by atoms with Gasteiger partial charge in [-0.1, -0.05) is 97.1 Å². The lowest BCUT2D eigenvalue weighted by molar-refractivity contribution is 0.0977. The van der Waals surface area contributed by atoms with Gasteiger partial charge in [0.15, 0.2) is 17.4 Å². The van der Waals surface area contributed by atoms with Crippen LogP contribution in [0.15, 0.2) is 103 Å². The average molecular weight is 476 g/mol. The average Bonchev–Trinajstić information content (AvgIpc) is 3.18. The van der Waals surface area contributed by atoms with Crippen LogP contribution in [0.3, 0.4) is 0 Å². The molecule has 176 valence electrons. The molecule has 5 aromatic rings. The molecule has 0 bridgehead atoms. The summed E-state index contributed by atoms with van der Waals surface area (Å²) in [5, 5.41) is 5.29. The zero-order valence-corrected chi connectivity index (χ0v) is 19.5. The van der Waals surface area contributed by atoms with Gasteiger partial charge in [0, 0.05) is 23.2 Å². The van der Waals surface area contributed by atoms with Crippen molar-refractivity contribution in [2.75, 3.05) is 5.32 Å². The molecule has 0 saturated carbocycles. The maximum absolute atomic E-state index is 15.4. The first-order valence-corrected chi connectivity index (χ1v) is 12.0. The van der Waals surface area contributed by atoms with Crippen LogP contribution in [-0.4, -0.2) is 5.78 Å². The second kappa shape index (κ2) is 9.04. The van der Waals surface area contributed by atoms with Crippen molar-refractivity contribution in [2.24, 2.45) is 0 Å². The molecule has 0 amide bonds. The molecule has 36 heavy (non-hydrogen) atoms. The van der Waals surface area contributed by atoms with Gasteiger partial charge in [0.1, 0.15) is 6.04 Å². The van der Waals surface area contributed by atoms with Gasteiger partial charge in [0.25, 0.3) is 0 Å². The Morgan fingerprint density at radius 1 is 0.722 bits per heavy atom. The van der Waals surface area contributed by atoms with E-state index in [9.17, 15) is 9.18 Å². The number of anilines is 1. The van der Waals surface area contributed by atoms with E-state index in [1.54, 1.807) is 0 Å². The van der Waals surface area contributed by atoms with Crippen molar-refractivity contribution in [1.82, 2.24) is 0 Å². The molecule has 1 unspecified atom stereocenters. The number of carbonyl (C=O) groups excluding carboxylic acids is 1. The number of halogens is 2. The van der Waals surface area contributed by atoms with E-state index in [-0.39, 0.29) is 17.8 Å². The van der Waals surface area contributed by atoms with Crippen molar-refractivity contribution < 1.29 is 13.6 Å². The summed E-state index contributed by atoms with van der Waals surface area (Å²) in [6.07, 6.45) is 0.604. The van der Waals surface area contributed by atoms with Gasteiger partial charge in [-0.25, -0.2) is 8.78 Å². The SMILES string of the molecule is O=C1c2cccc3cccc(c23)C1Nc1c(Cc2ccccc2)cc(F)c(F)c1Cc1ccccc1. The Bertz CT molecular complexity index is 1590. The van der Waals surface area contributed by atoms with Crippen LogP contribution in [0.25, 0.3) is 10.8 Å². The Balaban J connectivity index is 1.50. The molecule has 2 nitrogen and oxygen atoms in total. The molecule has 1 N–H and O–H groups in total. The van der Waals surface area contributed by atoms with Crippen LogP contribution in [0, 0.1) is 11.6 Å². The van der Waals surface area contributed by atoms with E-state index < -0.39 is 17.7 Å². The third kappa shape index (κ3) is 3.85. The molecule has 1 aliphatic rings. The third-order valence-electron chi connectivity index (χ3n) is 6.92. The smallest absolute Gasteiger partial charge is 0.190 e. The maximum atomic E-state index is 15.4. The zero-order valence-electron chi connectivity index (χ0n) is 19.5. The number of hydrogen-bond acceptors (Lipinski definition) is 2. The van der Waals surface area contributed by atoms with Crippen LogP contribution >= 0.6 is 0 Å². The summed E-state index contributed by atoms with van der Waals surface area (Å²) in [5.41, 5.74) is 4.65. The molecular formula is C32H23F2NO. The standard InChI is InChI=1S/C32H23F2NO/c33-27-19-23(17-20-9-3-1-4-10-20)30(26(29(27)34)18-21-11-5-2-6-12-21)35-31-24-15-7-13-22-14-8-16-25(28(22)24)32(31)36/h1-16,19,31,35H,17-18H2. The molecule has 0 aliphatic heterocycles. The van der Waals surface area contributed by atoms with Crippen molar-refractivity contribution in [2.45, 2.75) is 18.9 Å². The number of Topliss-reactive ketones (excluding diaryl/α,β-unsaturated/α-hetero) is 1. The maximum Gasteiger partial charge on any atom is 0.190 e. The van der Waals surface area contributed by atoms with E-state index in [1.807, 2.05) is 97.1 Å². The fourth-order valence-electron chi connectivity index (χ4n) is 5.24. The number of hydrogen-bond donors (Lipinski definition) is 1. The molecule has 1 atom stereocenters. The predicted molar refractivity (Wildman–Crippen MR) is 139 cm³/mol. The van der Waals surface area contributed by atoms with E-state index in [0.29, 0.717) is 23.2 Å². The monoisotopic (exact) mass is 475 g/mol. The topological polar surface area (TPSA) is 29.1 Å². The van der Waals surface area contributed by atoms with Crippen molar-refractivity contribution in [1.29, 1.82) is 0 Å². The van der Waals surface area contributed by atoms with Gasteiger partial charge >= 0.3 is 0 Å². The predicted octanol–water partition coefficient (Wildman–Crippen LogP) is 7.65. The summed E-state index contributed by atoms with van der Waals surface area (Å²) in [5.74, 6) is -1.84. The summed E-state index contributed by atoms with van der Waals surface area (Å²) < 4.78 is 30.4. The Kier molecular flexibility index (Phi) is 5.57. The lowest BCUT2D eigenvalue weighted by Gasteiger charge is -2.22. The molecule has 0 heterocycles. The zero-order chi connectivity index (χ0) is 24.6. The molecule has 4 heteroatoms. The Morgan fingerprint density at radius 2 is 1.36 bits per heavy atom. The molecule has 0 saturated heterocycles. The minimum Gasteiger partial charge on any atom is -0.371 e. The first kappa shape index (κ1) is 22.2. The second-order valence-corrected chi connectivity index (χ2v) is 9.20. The highest BCUT2D eigenvalue weighted by atomic mass is 19.2. The van der Waals surface area contributed by atoms with Gasteiger partial charge in [-0.15, -0.1) is 0 Å². The van der Waals surface area contributed by atoms with Crippen molar-refractivity contribution in [3.8, 4) is 0 Å². The molecule has 0 radical (unpaired) electrons. The van der Waals surface area contributed by atoms with Gasteiger partial charge in [0.2, 0.25) is 0 Å². The molecule has 0 aromatic heterocycles. The molecule has 0 spiro atoms. The highest BCUT2D eigenvalue weighted by Crippen LogP contribution is 2.41. The van der Waals surface area contributed by atoms with Gasteiger partial charge in [-0.05, 0) is 45.5 Å². The Hall–Kier alpha value is -4.31. The van der Waals surface area contributed by atoms with E-state index in [0.717, 1.165) is 27.5 Å². The first-order valence-electron chi connectivity index (χ1n) is 12.0. The normalized spacial score (nSPS) is 14.4. The summed E-state index contributed by atoms with van der Waals surface area (Å²) >= 11 is 0. The third-order valence-corrected chi connectivity index (χ3v) is 6.92. The number of carbonyl (C=O) groups is 1. The summed E-state index contributed by atoms with van der Waals surface area (Å²) in [6.45, 7) is 0. The minimum absolute atomic E-state index is 0.0668. The molecule has 5 aromatic carbocycles. The molecule has 6 rings (SSSR count). The van der Waals surface area contributed by atoms with Crippen molar-refractivity contribution in [3.05, 3.63) is 148 Å². The van der Waals surface area contributed by atoms with E-state index in [2.05, 4.69) is 5.32 Å². The van der Waals surface area contributed by atoms with E-state index >= 15 is 4.39 Å². The lowest BCUT2D eigenvalue weighted by Crippen LogP contribution is -2.19. The summed E-state index contributed by atoms with van der Waals surface area (Å²) in [6, 6.07) is 31.2. The minimum atomic E-state index is -0.890. The number of benzene rings is 5. The fraction of sp³-hybridized carbons (Fsp3) is 0.0938. The van der Waals surface area contributed by atoms with Crippen LogP contribution in [0.5, 0.6) is 0 Å². The molecule has 0 fully saturated rings. The second-order valence-electron chi connectivity index (χ2n) is 9.20. The van der Waals surface area contributed by atoms with Gasteiger partial charge < -0.3 is 5.32 Å². The highest BCUT2D eigenvalue weighted by molar-refractivity contribution is 6.18. The summed E-state index contributed by atoms with van der Waals surface area (Å²) in [7, 11) is 0. The van der Waals surface area contributed by atoms with E-state index in [4.69, 9.17) is 0 Å². The first-order chi connectivity index (χ1) is 17.6. The lowest BCUT2D eigenvalue weighted by atomic mass is 9.94. The van der Waals surface area contributed by atoms with Crippen molar-refractivity contribution in [3.63, 3.8) is 0 Å². The molecular weight excluding hydrogens is 452 g/mol. The number of ketones is 1. The van der Waals surface area contributed by atoms with Crippen LogP contribution in [0.4, 0.5) is 14.5 Å². The largest absolute Gasteiger partial charge is 0.371 e. The van der Waals surface area contributed by atoms with Crippen LogP contribution in [0.2, 0.25) is 0 Å². The van der Waals surface area contributed by atoms with E-state index in [1.165, 1.54) is 6.07 Å². The van der Waals surface area contributed by atoms with Gasteiger partial charge in [-0.3, -0.25) is 4.79 Å². The number of rotatable bonds is 6. The summed E-state index contributed by atoms with van der Waals surface area (Å²) in [4.78, 5) is 13.5. The number of nitrogens with one attached hydrogen (secondary N) is 1. The van der Waals surface area contributed by atoms with Crippen molar-refractivity contribution >= 4 is 22.2 Å². The molecule has 1 aliphatic carbocycles. The quantitative estimate of drug-likeness (QED) is 0.273. The highest BCUT2D eigenvalue weighted by Gasteiger charge is 2.34. The fourth-order valence-corrected chi connectivity index (χ4v) is 5.24. The van der Waals surface area contributed by atoms with Crippen LogP contribution in [0.1, 0.15) is 44.2 Å². The van der Waals surface area contributed by atoms with Crippen LogP contribution in [-0.2, 0) is 12.8 Å². The Labute approximate surface area is 208 Å². The van der Waals surface area contributed by atoms with Gasteiger partial charge in [0.05, 0.1) is 0 Å². The van der Waals surface area contributed by atoms with Crippen LogP contribution < -0.4 is 5.32 Å². The Morgan fingerprint density at radius 3 is 2.06 bits per heavy atom. The van der Waals surface area contributed by atoms with Gasteiger partial charge in [-0.2, -0.15) is 0 Å².